The van der Waals surface area contributed by atoms with Crippen LogP contribution in [0.5, 0.6) is 11.5 Å². The number of ether oxygens (including phenoxy) is 1. The highest BCUT2D eigenvalue weighted by atomic mass is 16.5. The van der Waals surface area contributed by atoms with Gasteiger partial charge in [0, 0.05) is 11.8 Å². The van der Waals surface area contributed by atoms with Gasteiger partial charge in [-0.2, -0.15) is 0 Å². The first kappa shape index (κ1) is 15.7. The Hall–Kier alpha value is -3.21. The molecule has 122 valence electrons. The SMILES string of the molecule is Cc1ccccc1OCc1ccc(C(=O)Nc2cccc(O)c2)o1. The van der Waals surface area contributed by atoms with Crippen molar-refractivity contribution in [3.05, 3.63) is 77.7 Å². The highest BCUT2D eigenvalue weighted by molar-refractivity contribution is 6.02. The summed E-state index contributed by atoms with van der Waals surface area (Å²) in [6.07, 6.45) is 0. The zero-order chi connectivity index (χ0) is 16.9. The second-order valence-corrected chi connectivity index (χ2v) is 5.32. The molecule has 0 unspecified atom stereocenters. The first-order valence-electron chi connectivity index (χ1n) is 7.49. The number of phenolic OH excluding ortho intramolecular Hbond substituents is 1. The van der Waals surface area contributed by atoms with Gasteiger partial charge in [0.1, 0.15) is 23.9 Å². The summed E-state index contributed by atoms with van der Waals surface area (Å²) in [6, 6.07) is 17.3. The highest BCUT2D eigenvalue weighted by Gasteiger charge is 2.12. The lowest BCUT2D eigenvalue weighted by Crippen LogP contribution is -2.10. The molecule has 3 aromatic rings. The van der Waals surface area contributed by atoms with E-state index in [0.29, 0.717) is 11.4 Å². The number of para-hydroxylation sites is 1. The second-order valence-electron chi connectivity index (χ2n) is 5.32. The number of anilines is 1. The predicted octanol–water partition coefficient (Wildman–Crippen LogP) is 4.12. The van der Waals surface area contributed by atoms with Gasteiger partial charge >= 0.3 is 0 Å². The van der Waals surface area contributed by atoms with Crippen LogP contribution in [0.4, 0.5) is 5.69 Å². The molecule has 0 saturated carbocycles. The van der Waals surface area contributed by atoms with Gasteiger partial charge in [-0.05, 0) is 42.8 Å². The van der Waals surface area contributed by atoms with Gasteiger partial charge in [0.05, 0.1) is 0 Å². The van der Waals surface area contributed by atoms with Crippen LogP contribution < -0.4 is 10.1 Å². The van der Waals surface area contributed by atoms with E-state index in [-0.39, 0.29) is 24.0 Å². The van der Waals surface area contributed by atoms with Gasteiger partial charge in [-0.3, -0.25) is 4.79 Å². The van der Waals surface area contributed by atoms with Crippen molar-refractivity contribution >= 4 is 11.6 Å². The van der Waals surface area contributed by atoms with Crippen LogP contribution in [0.3, 0.4) is 0 Å². The number of aromatic hydroxyl groups is 1. The van der Waals surface area contributed by atoms with E-state index in [4.69, 9.17) is 9.15 Å². The number of rotatable bonds is 5. The Labute approximate surface area is 139 Å². The molecular weight excluding hydrogens is 306 g/mol. The standard InChI is InChI=1S/C19H17NO4/c1-13-5-2-3-8-17(13)23-12-16-9-10-18(24-16)19(22)20-14-6-4-7-15(21)11-14/h2-11,21H,12H2,1H3,(H,20,22). The number of nitrogens with one attached hydrogen (secondary N) is 1. The van der Waals surface area contributed by atoms with Crippen molar-refractivity contribution in [2.75, 3.05) is 5.32 Å². The van der Waals surface area contributed by atoms with E-state index in [1.54, 1.807) is 24.3 Å². The lowest BCUT2D eigenvalue weighted by atomic mass is 10.2. The Kier molecular flexibility index (Phi) is 4.52. The van der Waals surface area contributed by atoms with Gasteiger partial charge in [-0.25, -0.2) is 0 Å². The number of phenols is 1. The Balaban J connectivity index is 1.62. The fourth-order valence-corrected chi connectivity index (χ4v) is 2.22. The van der Waals surface area contributed by atoms with E-state index in [2.05, 4.69) is 5.32 Å². The number of hydrogen-bond donors (Lipinski definition) is 2. The summed E-state index contributed by atoms with van der Waals surface area (Å²) in [7, 11) is 0. The van der Waals surface area contributed by atoms with Crippen molar-refractivity contribution in [2.45, 2.75) is 13.5 Å². The number of carbonyl (C=O) groups excluding carboxylic acids is 1. The first-order chi connectivity index (χ1) is 11.6. The molecule has 0 aliphatic rings. The fraction of sp³-hybridized carbons (Fsp3) is 0.105. The van der Waals surface area contributed by atoms with E-state index < -0.39 is 0 Å². The third-order valence-electron chi connectivity index (χ3n) is 3.45. The number of hydrogen-bond acceptors (Lipinski definition) is 4. The van der Waals surface area contributed by atoms with Crippen molar-refractivity contribution in [1.82, 2.24) is 0 Å². The Morgan fingerprint density at radius 1 is 1.12 bits per heavy atom. The minimum absolute atomic E-state index is 0.0829. The Morgan fingerprint density at radius 2 is 1.96 bits per heavy atom. The molecule has 0 bridgehead atoms. The number of aryl methyl sites for hydroxylation is 1. The average molecular weight is 323 g/mol. The zero-order valence-electron chi connectivity index (χ0n) is 13.2. The van der Waals surface area contributed by atoms with E-state index in [1.807, 2.05) is 31.2 Å². The summed E-state index contributed by atoms with van der Waals surface area (Å²) in [5.74, 6) is 1.21. The molecule has 5 heteroatoms. The number of amides is 1. The normalized spacial score (nSPS) is 10.4. The summed E-state index contributed by atoms with van der Waals surface area (Å²) in [5.41, 5.74) is 1.53. The lowest BCUT2D eigenvalue weighted by Gasteiger charge is -2.07. The maximum absolute atomic E-state index is 12.1. The molecule has 1 heterocycles. The van der Waals surface area contributed by atoms with Crippen LogP contribution in [0.1, 0.15) is 21.9 Å². The van der Waals surface area contributed by atoms with Crippen molar-refractivity contribution in [2.24, 2.45) is 0 Å². The third-order valence-corrected chi connectivity index (χ3v) is 3.45. The number of furan rings is 1. The van der Waals surface area contributed by atoms with Crippen molar-refractivity contribution in [3.8, 4) is 11.5 Å². The minimum Gasteiger partial charge on any atom is -0.508 e. The summed E-state index contributed by atoms with van der Waals surface area (Å²) in [4.78, 5) is 12.1. The Bertz CT molecular complexity index is 854. The summed E-state index contributed by atoms with van der Waals surface area (Å²) < 4.78 is 11.2. The molecule has 0 spiro atoms. The molecule has 0 aliphatic carbocycles. The van der Waals surface area contributed by atoms with Crippen LogP contribution in [-0.2, 0) is 6.61 Å². The fourth-order valence-electron chi connectivity index (χ4n) is 2.22. The third kappa shape index (κ3) is 3.76. The van der Waals surface area contributed by atoms with Crippen LogP contribution in [0.2, 0.25) is 0 Å². The lowest BCUT2D eigenvalue weighted by molar-refractivity contribution is 0.0992. The average Bonchev–Trinajstić information content (AvgIpc) is 3.03. The maximum atomic E-state index is 12.1. The molecule has 2 N–H and O–H groups in total. The molecule has 24 heavy (non-hydrogen) atoms. The zero-order valence-corrected chi connectivity index (χ0v) is 13.2. The van der Waals surface area contributed by atoms with Crippen molar-refractivity contribution in [3.63, 3.8) is 0 Å². The van der Waals surface area contributed by atoms with Crippen LogP contribution in [0.15, 0.2) is 65.1 Å². The van der Waals surface area contributed by atoms with Gasteiger partial charge in [-0.15, -0.1) is 0 Å². The van der Waals surface area contributed by atoms with Crippen LogP contribution in [0, 0.1) is 6.92 Å². The Morgan fingerprint density at radius 3 is 2.75 bits per heavy atom. The van der Waals surface area contributed by atoms with Crippen LogP contribution >= 0.6 is 0 Å². The van der Waals surface area contributed by atoms with Gasteiger partial charge in [0.2, 0.25) is 0 Å². The molecule has 1 aromatic heterocycles. The van der Waals surface area contributed by atoms with E-state index >= 15 is 0 Å². The molecule has 0 aliphatic heterocycles. The van der Waals surface area contributed by atoms with Crippen molar-refractivity contribution < 1.29 is 19.1 Å². The monoisotopic (exact) mass is 323 g/mol. The molecule has 2 aromatic carbocycles. The first-order valence-corrected chi connectivity index (χ1v) is 7.49. The van der Waals surface area contributed by atoms with Crippen LogP contribution in [0.25, 0.3) is 0 Å². The predicted molar refractivity (Wildman–Crippen MR) is 90.3 cm³/mol. The largest absolute Gasteiger partial charge is 0.508 e. The summed E-state index contributed by atoms with van der Waals surface area (Å²) in [5, 5.41) is 12.1. The quantitative estimate of drug-likeness (QED) is 0.741. The smallest absolute Gasteiger partial charge is 0.291 e. The molecule has 0 fully saturated rings. The molecule has 0 atom stereocenters. The summed E-state index contributed by atoms with van der Waals surface area (Å²) >= 11 is 0. The molecule has 0 radical (unpaired) electrons. The number of carbonyl (C=O) groups is 1. The molecule has 3 rings (SSSR count). The van der Waals surface area contributed by atoms with Crippen LogP contribution in [-0.4, -0.2) is 11.0 Å². The van der Waals surface area contributed by atoms with E-state index in [0.717, 1.165) is 11.3 Å². The second kappa shape index (κ2) is 6.91. The minimum atomic E-state index is -0.386. The molecular formula is C19H17NO4. The highest BCUT2D eigenvalue weighted by Crippen LogP contribution is 2.20. The summed E-state index contributed by atoms with van der Waals surface area (Å²) in [6.45, 7) is 2.20. The number of benzene rings is 2. The van der Waals surface area contributed by atoms with Gasteiger partial charge in [0.15, 0.2) is 5.76 Å². The van der Waals surface area contributed by atoms with Gasteiger partial charge in [-0.1, -0.05) is 24.3 Å². The van der Waals surface area contributed by atoms with E-state index in [1.165, 1.54) is 12.1 Å². The van der Waals surface area contributed by atoms with E-state index in [9.17, 15) is 9.90 Å². The van der Waals surface area contributed by atoms with Gasteiger partial charge < -0.3 is 19.6 Å². The maximum Gasteiger partial charge on any atom is 0.291 e. The topological polar surface area (TPSA) is 71.7 Å². The van der Waals surface area contributed by atoms with Crippen molar-refractivity contribution in [1.29, 1.82) is 0 Å². The van der Waals surface area contributed by atoms with Gasteiger partial charge in [0.25, 0.3) is 5.91 Å². The molecule has 5 nitrogen and oxygen atoms in total. The molecule has 1 amide bonds. The molecule has 0 saturated heterocycles.